The lowest BCUT2D eigenvalue weighted by Gasteiger charge is -2.49. The first-order valence-corrected chi connectivity index (χ1v) is 14.7. The molecule has 11 heteroatoms. The Bertz CT molecular complexity index is 1400. The molecule has 3 aliphatic rings. The van der Waals surface area contributed by atoms with Gasteiger partial charge < -0.3 is 19.7 Å². The van der Waals surface area contributed by atoms with Crippen molar-refractivity contribution < 1.29 is 22.6 Å². The van der Waals surface area contributed by atoms with Gasteiger partial charge in [0.1, 0.15) is 17.1 Å². The van der Waals surface area contributed by atoms with E-state index >= 15 is 0 Å². The van der Waals surface area contributed by atoms with Crippen molar-refractivity contribution >= 4 is 5.82 Å². The number of hydrogen-bond acceptors (Lipinski definition) is 8. The molecule has 224 valence electrons. The fourth-order valence-electron chi connectivity index (χ4n) is 6.91. The van der Waals surface area contributed by atoms with Crippen molar-refractivity contribution in [1.82, 2.24) is 25.2 Å². The van der Waals surface area contributed by atoms with Crippen molar-refractivity contribution in [2.24, 2.45) is 0 Å². The van der Waals surface area contributed by atoms with E-state index in [-0.39, 0.29) is 17.0 Å². The molecule has 0 radical (unpaired) electrons. The second kappa shape index (κ2) is 11.7. The highest BCUT2D eigenvalue weighted by Gasteiger charge is 2.45. The maximum atomic E-state index is 14.1. The summed E-state index contributed by atoms with van der Waals surface area (Å²) in [6.45, 7) is 6.89. The number of fused-ring (bicyclic) bond motifs is 2. The minimum Gasteiger partial charge on any atom is -0.496 e. The zero-order valence-corrected chi connectivity index (χ0v) is 24.1. The lowest BCUT2D eigenvalue weighted by molar-refractivity contribution is -0.138. The standard InChI is InChI=1S/C31H37F3N6O2/c1-3-42-29-22(7-5-14-37-29)24-9-8-23-25(38-24)19-39(18-21-6-4-13-35-21)20-30(23)11-16-40(17-12-30)28-27(31(32,33)34)26(41-2)10-15-36-28/h5,7-10,14-15,21,35H,3-4,6,11-13,16-20H2,1-2H3/t21-/m1/s1. The van der Waals surface area contributed by atoms with Crippen molar-refractivity contribution in [3.8, 4) is 22.9 Å². The number of methoxy groups -OCH3 is 1. The number of anilines is 1. The second-order valence-electron chi connectivity index (χ2n) is 11.4. The molecule has 0 bridgehead atoms. The van der Waals surface area contributed by atoms with E-state index in [1.54, 1.807) is 11.1 Å². The number of aromatic nitrogens is 3. The SMILES string of the molecule is CCOc1ncccc1-c1ccc2c(n1)CN(C[C@H]1CCCN1)CC21CCN(c2nccc(OC)c2C(F)(F)F)CC1. The van der Waals surface area contributed by atoms with Gasteiger partial charge in [0, 0.05) is 56.6 Å². The Balaban J connectivity index is 1.33. The van der Waals surface area contributed by atoms with Crippen LogP contribution in [0.25, 0.3) is 11.3 Å². The fraction of sp³-hybridized carbons (Fsp3) is 0.516. The Morgan fingerprint density at radius 2 is 1.93 bits per heavy atom. The third-order valence-corrected chi connectivity index (χ3v) is 8.83. The van der Waals surface area contributed by atoms with Crippen molar-refractivity contribution in [1.29, 1.82) is 0 Å². The lowest BCUT2D eigenvalue weighted by atomic mass is 9.69. The Hall–Kier alpha value is -3.44. The number of piperidine rings is 1. The summed E-state index contributed by atoms with van der Waals surface area (Å²) in [5.74, 6) is 0.294. The predicted molar refractivity (Wildman–Crippen MR) is 154 cm³/mol. The van der Waals surface area contributed by atoms with Gasteiger partial charge >= 0.3 is 6.18 Å². The zero-order valence-electron chi connectivity index (χ0n) is 24.1. The van der Waals surface area contributed by atoms with E-state index in [2.05, 4.69) is 26.3 Å². The van der Waals surface area contributed by atoms with Crippen LogP contribution in [0.15, 0.2) is 42.7 Å². The van der Waals surface area contributed by atoms with E-state index in [4.69, 9.17) is 14.5 Å². The number of nitrogens with zero attached hydrogens (tertiary/aromatic N) is 5. The largest absolute Gasteiger partial charge is 0.496 e. The third kappa shape index (κ3) is 5.51. The molecule has 1 atom stereocenters. The summed E-state index contributed by atoms with van der Waals surface area (Å²) in [5, 5.41) is 3.62. The van der Waals surface area contributed by atoms with E-state index in [1.807, 2.05) is 25.1 Å². The van der Waals surface area contributed by atoms with Gasteiger partial charge in [-0.3, -0.25) is 9.88 Å². The number of pyridine rings is 3. The average Bonchev–Trinajstić information content (AvgIpc) is 3.50. The third-order valence-electron chi connectivity index (χ3n) is 8.83. The second-order valence-corrected chi connectivity index (χ2v) is 11.4. The molecule has 2 fully saturated rings. The van der Waals surface area contributed by atoms with Gasteiger partial charge in [-0.1, -0.05) is 6.07 Å². The van der Waals surface area contributed by atoms with Gasteiger partial charge in [-0.05, 0) is 69.0 Å². The molecule has 0 saturated carbocycles. The number of halogens is 3. The molecule has 6 heterocycles. The summed E-state index contributed by atoms with van der Waals surface area (Å²) in [5.41, 5.74) is 2.85. The van der Waals surface area contributed by atoms with Crippen molar-refractivity contribution in [2.45, 2.75) is 56.8 Å². The molecule has 0 unspecified atom stereocenters. The Morgan fingerprint density at radius 1 is 1.10 bits per heavy atom. The van der Waals surface area contributed by atoms with Crippen molar-refractivity contribution in [3.05, 3.63) is 59.5 Å². The molecule has 1 N–H and O–H groups in total. The van der Waals surface area contributed by atoms with E-state index < -0.39 is 11.7 Å². The van der Waals surface area contributed by atoms with Crippen LogP contribution in [-0.4, -0.2) is 72.3 Å². The van der Waals surface area contributed by atoms with Crippen LogP contribution in [0.5, 0.6) is 11.6 Å². The van der Waals surface area contributed by atoms with Crippen LogP contribution < -0.4 is 19.7 Å². The highest BCUT2D eigenvalue weighted by Crippen LogP contribution is 2.46. The Morgan fingerprint density at radius 3 is 2.64 bits per heavy atom. The van der Waals surface area contributed by atoms with Gasteiger partial charge in [0.15, 0.2) is 0 Å². The van der Waals surface area contributed by atoms with E-state index in [0.29, 0.717) is 44.5 Å². The van der Waals surface area contributed by atoms with Crippen LogP contribution in [0, 0.1) is 0 Å². The summed E-state index contributed by atoms with van der Waals surface area (Å²) in [6.07, 6.45) is 2.25. The van der Waals surface area contributed by atoms with Gasteiger partial charge in [0.2, 0.25) is 5.88 Å². The first-order chi connectivity index (χ1) is 20.3. The number of ether oxygens (including phenoxy) is 2. The number of nitrogens with one attached hydrogen (secondary N) is 1. The van der Waals surface area contributed by atoms with Crippen LogP contribution in [0.4, 0.5) is 19.0 Å². The van der Waals surface area contributed by atoms with Gasteiger partial charge in [-0.15, -0.1) is 0 Å². The van der Waals surface area contributed by atoms with Crippen LogP contribution in [0.2, 0.25) is 0 Å². The molecular weight excluding hydrogens is 545 g/mol. The molecular formula is C31H37F3N6O2. The maximum absolute atomic E-state index is 14.1. The molecule has 2 saturated heterocycles. The van der Waals surface area contributed by atoms with Crippen LogP contribution in [-0.2, 0) is 18.1 Å². The minimum atomic E-state index is -4.57. The predicted octanol–water partition coefficient (Wildman–Crippen LogP) is 5.07. The Kier molecular flexibility index (Phi) is 7.97. The zero-order chi connectivity index (χ0) is 29.3. The number of rotatable bonds is 7. The maximum Gasteiger partial charge on any atom is 0.423 e. The summed E-state index contributed by atoms with van der Waals surface area (Å²) >= 11 is 0. The van der Waals surface area contributed by atoms with Gasteiger partial charge in [0.05, 0.1) is 30.7 Å². The summed E-state index contributed by atoms with van der Waals surface area (Å²) in [7, 11) is 1.26. The minimum absolute atomic E-state index is 0.0618. The fourth-order valence-corrected chi connectivity index (χ4v) is 6.91. The average molecular weight is 583 g/mol. The molecule has 42 heavy (non-hydrogen) atoms. The highest BCUT2D eigenvalue weighted by molar-refractivity contribution is 5.65. The van der Waals surface area contributed by atoms with Gasteiger partial charge in [-0.2, -0.15) is 13.2 Å². The molecule has 3 aliphatic heterocycles. The molecule has 0 aliphatic carbocycles. The summed E-state index contributed by atoms with van der Waals surface area (Å²) in [4.78, 5) is 18.0. The molecule has 3 aromatic heterocycles. The number of hydrogen-bond donors (Lipinski definition) is 1. The first-order valence-electron chi connectivity index (χ1n) is 14.7. The lowest BCUT2D eigenvalue weighted by Crippen LogP contribution is -2.54. The molecule has 8 nitrogen and oxygen atoms in total. The van der Waals surface area contributed by atoms with Crippen LogP contribution in [0.3, 0.4) is 0 Å². The molecule has 1 spiro atoms. The van der Waals surface area contributed by atoms with Gasteiger partial charge in [-0.25, -0.2) is 9.97 Å². The Labute approximate surface area is 244 Å². The molecule has 3 aromatic rings. The van der Waals surface area contributed by atoms with Crippen molar-refractivity contribution in [3.63, 3.8) is 0 Å². The summed E-state index contributed by atoms with van der Waals surface area (Å²) < 4.78 is 53.2. The summed E-state index contributed by atoms with van der Waals surface area (Å²) in [6, 6.07) is 9.77. The number of alkyl halides is 3. The quantitative estimate of drug-likeness (QED) is 0.414. The molecule has 0 aromatic carbocycles. The highest BCUT2D eigenvalue weighted by atomic mass is 19.4. The van der Waals surface area contributed by atoms with Crippen LogP contribution >= 0.6 is 0 Å². The van der Waals surface area contributed by atoms with Gasteiger partial charge in [0.25, 0.3) is 0 Å². The van der Waals surface area contributed by atoms with E-state index in [9.17, 15) is 13.2 Å². The topological polar surface area (TPSA) is 75.6 Å². The molecule has 0 amide bonds. The van der Waals surface area contributed by atoms with E-state index in [1.165, 1.54) is 31.4 Å². The smallest absolute Gasteiger partial charge is 0.423 e. The monoisotopic (exact) mass is 582 g/mol. The normalized spacial score (nSPS) is 20.5. The first kappa shape index (κ1) is 28.7. The van der Waals surface area contributed by atoms with Crippen molar-refractivity contribution in [2.75, 3.05) is 51.3 Å². The molecule has 6 rings (SSSR count). The van der Waals surface area contributed by atoms with E-state index in [0.717, 1.165) is 49.6 Å². The van der Waals surface area contributed by atoms with Crippen LogP contribution in [0.1, 0.15) is 49.4 Å².